The number of likely N-dealkylation sites (N-methyl/N-ethyl adjacent to an activating group) is 1. The number of alkyl halides is 3. The van der Waals surface area contributed by atoms with Crippen LogP contribution in [0.15, 0.2) is 63.8 Å². The molecule has 0 aliphatic heterocycles. The molecule has 6 nitrogen and oxygen atoms in total. The second kappa shape index (κ2) is 8.40. The lowest BCUT2D eigenvalue weighted by molar-refractivity contribution is -0.137. The highest BCUT2D eigenvalue weighted by Crippen LogP contribution is 2.34. The van der Waals surface area contributed by atoms with Crippen molar-refractivity contribution in [2.45, 2.75) is 13.1 Å². The van der Waals surface area contributed by atoms with Crippen LogP contribution in [0.5, 0.6) is 0 Å². The Labute approximate surface area is 168 Å². The summed E-state index contributed by atoms with van der Waals surface area (Å²) in [6, 6.07) is 12.5. The van der Waals surface area contributed by atoms with Crippen LogP contribution in [0.3, 0.4) is 0 Å². The highest BCUT2D eigenvalue weighted by molar-refractivity contribution is 6.00. The van der Waals surface area contributed by atoms with Crippen molar-refractivity contribution >= 4 is 28.5 Å². The highest BCUT2D eigenvalue weighted by Gasteiger charge is 2.33. The minimum absolute atomic E-state index is 0.0550. The molecule has 2 amide bonds. The van der Waals surface area contributed by atoms with Gasteiger partial charge < -0.3 is 14.6 Å². The van der Waals surface area contributed by atoms with Crippen LogP contribution in [-0.4, -0.2) is 29.8 Å². The van der Waals surface area contributed by atoms with E-state index in [1.807, 2.05) is 0 Å². The zero-order chi connectivity index (χ0) is 21.9. The molecule has 0 atom stereocenters. The number of hydrogen-bond acceptors (Lipinski definition) is 4. The number of rotatable bonds is 5. The summed E-state index contributed by atoms with van der Waals surface area (Å²) in [5, 5.41) is 2.71. The Morgan fingerprint density at radius 1 is 1.07 bits per heavy atom. The molecule has 0 saturated heterocycles. The largest absolute Gasteiger partial charge is 0.422 e. The molecule has 3 rings (SSSR count). The van der Waals surface area contributed by atoms with Gasteiger partial charge in [-0.3, -0.25) is 9.59 Å². The van der Waals surface area contributed by atoms with Crippen molar-refractivity contribution in [1.29, 1.82) is 0 Å². The Kier molecular flexibility index (Phi) is 5.91. The summed E-state index contributed by atoms with van der Waals surface area (Å²) < 4.78 is 44.4. The predicted molar refractivity (Wildman–Crippen MR) is 104 cm³/mol. The number of benzene rings is 2. The topological polar surface area (TPSA) is 79.6 Å². The van der Waals surface area contributed by atoms with Crippen LogP contribution in [0.1, 0.15) is 22.8 Å². The number of carbonyl (C=O) groups is 2. The minimum Gasteiger partial charge on any atom is -0.422 e. The molecule has 1 N–H and O–H groups in total. The van der Waals surface area contributed by atoms with Gasteiger partial charge in [-0.25, -0.2) is 4.79 Å². The first-order valence-electron chi connectivity index (χ1n) is 8.99. The van der Waals surface area contributed by atoms with Gasteiger partial charge >= 0.3 is 11.8 Å². The van der Waals surface area contributed by atoms with Crippen molar-refractivity contribution in [3.63, 3.8) is 0 Å². The minimum atomic E-state index is -4.64. The van der Waals surface area contributed by atoms with Crippen LogP contribution >= 0.6 is 0 Å². The number of nitrogens with zero attached hydrogens (tertiary/aromatic N) is 1. The molecule has 1 heterocycles. The van der Waals surface area contributed by atoms with Crippen LogP contribution in [0.25, 0.3) is 11.0 Å². The molecular weight excluding hydrogens is 401 g/mol. The Bertz CT molecular complexity index is 1150. The van der Waals surface area contributed by atoms with Gasteiger partial charge in [0, 0.05) is 11.9 Å². The number of nitrogens with one attached hydrogen (secondary N) is 1. The molecule has 0 fully saturated rings. The van der Waals surface area contributed by atoms with Gasteiger partial charge in [0.15, 0.2) is 0 Å². The lowest BCUT2D eigenvalue weighted by Gasteiger charge is -2.21. The molecule has 0 spiro atoms. The number of hydrogen-bond donors (Lipinski definition) is 1. The SMILES string of the molecule is CCN(CC(=O)Nc1ccccc1C(F)(F)F)C(=O)c1cc2ccccc2oc1=O. The number of fused-ring (bicyclic) bond motifs is 1. The first-order chi connectivity index (χ1) is 14.2. The first-order valence-corrected chi connectivity index (χ1v) is 8.99. The molecule has 0 aliphatic carbocycles. The monoisotopic (exact) mass is 418 g/mol. The second-order valence-electron chi connectivity index (χ2n) is 6.40. The lowest BCUT2D eigenvalue weighted by Crippen LogP contribution is -2.39. The van der Waals surface area contributed by atoms with Gasteiger partial charge in [0.05, 0.1) is 11.3 Å². The van der Waals surface area contributed by atoms with Crippen molar-refractivity contribution < 1.29 is 27.2 Å². The van der Waals surface area contributed by atoms with E-state index in [0.29, 0.717) is 11.0 Å². The van der Waals surface area contributed by atoms with E-state index < -0.39 is 41.4 Å². The number of amides is 2. The van der Waals surface area contributed by atoms with Crippen LogP contribution in [0.2, 0.25) is 0 Å². The zero-order valence-corrected chi connectivity index (χ0v) is 15.8. The van der Waals surface area contributed by atoms with Crippen molar-refractivity contribution in [3.05, 3.63) is 76.1 Å². The summed E-state index contributed by atoms with van der Waals surface area (Å²) in [6.45, 7) is 1.10. The molecule has 0 radical (unpaired) electrons. The van der Waals surface area contributed by atoms with Crippen LogP contribution in [0.4, 0.5) is 18.9 Å². The van der Waals surface area contributed by atoms with Crippen LogP contribution < -0.4 is 10.9 Å². The lowest BCUT2D eigenvalue weighted by atomic mass is 10.1. The number of halogens is 3. The molecule has 30 heavy (non-hydrogen) atoms. The zero-order valence-electron chi connectivity index (χ0n) is 15.8. The van der Waals surface area contributed by atoms with E-state index in [9.17, 15) is 27.6 Å². The third-order valence-electron chi connectivity index (χ3n) is 4.38. The molecule has 2 aromatic carbocycles. The van der Waals surface area contributed by atoms with Gasteiger partial charge in [-0.15, -0.1) is 0 Å². The maximum absolute atomic E-state index is 13.1. The molecular formula is C21H17F3N2O4. The highest BCUT2D eigenvalue weighted by atomic mass is 19.4. The van der Waals surface area contributed by atoms with Gasteiger partial charge in [-0.1, -0.05) is 30.3 Å². The van der Waals surface area contributed by atoms with Gasteiger partial charge in [0.25, 0.3) is 5.91 Å². The van der Waals surface area contributed by atoms with Gasteiger partial charge in [-0.05, 0) is 31.2 Å². The third kappa shape index (κ3) is 4.51. The quantitative estimate of drug-likeness (QED) is 0.637. The van der Waals surface area contributed by atoms with E-state index in [2.05, 4.69) is 5.32 Å². The maximum atomic E-state index is 13.1. The van der Waals surface area contributed by atoms with E-state index in [1.54, 1.807) is 31.2 Å². The van der Waals surface area contributed by atoms with E-state index in [0.717, 1.165) is 17.0 Å². The third-order valence-corrected chi connectivity index (χ3v) is 4.38. The van der Waals surface area contributed by atoms with E-state index in [-0.39, 0.29) is 12.1 Å². The standard InChI is InChI=1S/C21H17F3N2O4/c1-2-26(12-18(27)25-16-9-5-4-8-15(16)21(22,23)24)19(28)14-11-13-7-3-6-10-17(13)30-20(14)29/h3-11H,2,12H2,1H3,(H,25,27). The van der Waals surface area contributed by atoms with Gasteiger partial charge in [0.1, 0.15) is 17.7 Å². The Morgan fingerprint density at radius 3 is 2.43 bits per heavy atom. The fourth-order valence-corrected chi connectivity index (χ4v) is 2.91. The number of carbonyl (C=O) groups excluding carboxylic acids is 2. The Morgan fingerprint density at radius 2 is 1.73 bits per heavy atom. The van der Waals surface area contributed by atoms with Crippen LogP contribution in [-0.2, 0) is 11.0 Å². The molecule has 156 valence electrons. The van der Waals surface area contributed by atoms with Crippen LogP contribution in [0, 0.1) is 0 Å². The summed E-state index contributed by atoms with van der Waals surface area (Å²) >= 11 is 0. The van der Waals surface area contributed by atoms with Gasteiger partial charge in [-0.2, -0.15) is 13.2 Å². The second-order valence-corrected chi connectivity index (χ2v) is 6.40. The maximum Gasteiger partial charge on any atom is 0.418 e. The summed E-state index contributed by atoms with van der Waals surface area (Å²) in [7, 11) is 0. The Balaban J connectivity index is 1.81. The fraction of sp³-hybridized carbons (Fsp3) is 0.190. The average molecular weight is 418 g/mol. The molecule has 0 aliphatic rings. The summed E-state index contributed by atoms with van der Waals surface area (Å²) in [4.78, 5) is 38.3. The number of anilines is 1. The summed E-state index contributed by atoms with van der Waals surface area (Å²) in [6.07, 6.45) is -4.64. The van der Waals surface area contributed by atoms with Crippen molar-refractivity contribution in [2.75, 3.05) is 18.4 Å². The summed E-state index contributed by atoms with van der Waals surface area (Å²) in [5.41, 5.74) is -2.23. The van der Waals surface area contributed by atoms with Gasteiger partial charge in [0.2, 0.25) is 5.91 Å². The molecule has 3 aromatic rings. The van der Waals surface area contributed by atoms with Crippen molar-refractivity contribution in [3.8, 4) is 0 Å². The molecule has 9 heteroatoms. The Hall–Kier alpha value is -3.62. The van der Waals surface area contributed by atoms with Crippen molar-refractivity contribution in [2.24, 2.45) is 0 Å². The number of para-hydroxylation sites is 2. The molecule has 0 bridgehead atoms. The molecule has 1 aromatic heterocycles. The molecule has 0 saturated carbocycles. The summed E-state index contributed by atoms with van der Waals surface area (Å²) in [5.74, 6) is -1.58. The average Bonchev–Trinajstić information content (AvgIpc) is 2.70. The molecule has 0 unspecified atom stereocenters. The predicted octanol–water partition coefficient (Wildman–Crippen LogP) is 3.91. The smallest absolute Gasteiger partial charge is 0.418 e. The van der Waals surface area contributed by atoms with Crippen molar-refractivity contribution in [1.82, 2.24) is 4.90 Å². The fourth-order valence-electron chi connectivity index (χ4n) is 2.91. The van der Waals surface area contributed by atoms with E-state index in [4.69, 9.17) is 4.42 Å². The van der Waals surface area contributed by atoms with E-state index in [1.165, 1.54) is 18.2 Å². The normalized spacial score (nSPS) is 11.3. The van der Waals surface area contributed by atoms with E-state index >= 15 is 0 Å². The first kappa shape index (κ1) is 21.1.